The Hall–Kier alpha value is -4.92. The first kappa shape index (κ1) is 49.0. The van der Waals surface area contributed by atoms with Crippen LogP contribution in [0.15, 0.2) is 114 Å². The van der Waals surface area contributed by atoms with Crippen molar-refractivity contribution in [1.82, 2.24) is 0 Å². The highest BCUT2D eigenvalue weighted by atomic mass is 16.5. The van der Waals surface area contributed by atoms with Crippen LogP contribution in [-0.2, 0) is 4.79 Å². The Labute approximate surface area is 397 Å². The molecular formula is C58H79N4O4+. The molecule has 0 heterocycles. The molecule has 0 spiro atoms. The number of allylic oxidation sites excluding steroid dienone is 7. The molecule has 7 rings (SSSR count). The second kappa shape index (κ2) is 24.7. The van der Waals surface area contributed by atoms with Crippen molar-refractivity contribution in [3.05, 3.63) is 120 Å². The van der Waals surface area contributed by atoms with Gasteiger partial charge in [-0.1, -0.05) is 56.4 Å². The Bertz CT molecular complexity index is 2140. The third-order valence-electron chi connectivity index (χ3n) is 15.1. The van der Waals surface area contributed by atoms with E-state index in [0.717, 1.165) is 105 Å². The Morgan fingerprint density at radius 3 is 1.68 bits per heavy atom. The molecule has 2 saturated carbocycles. The predicted octanol–water partition coefficient (Wildman–Crippen LogP) is 12.1. The van der Waals surface area contributed by atoms with Crippen molar-refractivity contribution < 1.29 is 28.4 Å². The van der Waals surface area contributed by atoms with Gasteiger partial charge >= 0.3 is 0 Å². The topological polar surface area (TPSA) is 90.9 Å². The van der Waals surface area contributed by atoms with Gasteiger partial charge in [0.05, 0.1) is 39.4 Å². The SMILES string of the molecule is CC[N+](CC)(CC)CCCCCCOc1ccc([N+](=C2C=CC(=C3C(=O)C(c4ccc(N(c5ccc(OCCCCCCN)cc5)C5CCCCC5)cc4)=C3[O-])C=C2)C2CCCCC2)cc1. The van der Waals surface area contributed by atoms with Crippen molar-refractivity contribution in [2.75, 3.05) is 50.8 Å². The fourth-order valence-corrected chi connectivity index (χ4v) is 10.7. The van der Waals surface area contributed by atoms with E-state index in [-0.39, 0.29) is 22.7 Å². The van der Waals surface area contributed by atoms with E-state index in [9.17, 15) is 9.90 Å². The van der Waals surface area contributed by atoms with E-state index in [0.29, 0.717) is 29.8 Å². The first-order valence-electron chi connectivity index (χ1n) is 26.0. The van der Waals surface area contributed by atoms with Crippen LogP contribution in [0.1, 0.15) is 142 Å². The van der Waals surface area contributed by atoms with Gasteiger partial charge in [0.15, 0.2) is 11.8 Å². The number of unbranched alkanes of at least 4 members (excludes halogenated alkanes) is 6. The zero-order valence-electron chi connectivity index (χ0n) is 40.6. The minimum absolute atomic E-state index is 0.176. The summed E-state index contributed by atoms with van der Waals surface area (Å²) in [6.45, 7) is 14.1. The third-order valence-corrected chi connectivity index (χ3v) is 15.1. The fourth-order valence-electron chi connectivity index (χ4n) is 10.7. The van der Waals surface area contributed by atoms with Crippen LogP contribution in [0.2, 0.25) is 0 Å². The fraction of sp³-hybridized carbons (Fsp3) is 0.517. The molecule has 4 aliphatic carbocycles. The summed E-state index contributed by atoms with van der Waals surface area (Å²) in [7, 11) is 0. The molecule has 4 aliphatic rings. The summed E-state index contributed by atoms with van der Waals surface area (Å²) >= 11 is 0. The van der Waals surface area contributed by atoms with Crippen molar-refractivity contribution in [2.24, 2.45) is 5.73 Å². The Morgan fingerprint density at radius 1 is 0.621 bits per heavy atom. The number of anilines is 2. The number of benzene rings is 3. The maximum absolute atomic E-state index is 13.8. The van der Waals surface area contributed by atoms with E-state index >= 15 is 0 Å². The highest BCUT2D eigenvalue weighted by molar-refractivity contribution is 6.39. The lowest BCUT2D eigenvalue weighted by Crippen LogP contribution is -2.48. The van der Waals surface area contributed by atoms with E-state index in [2.05, 4.69) is 103 Å². The zero-order valence-corrected chi connectivity index (χ0v) is 40.6. The number of carbonyl (C=O) groups excluding carboxylic acids is 1. The summed E-state index contributed by atoms with van der Waals surface area (Å²) < 4.78 is 16.0. The van der Waals surface area contributed by atoms with E-state index in [1.54, 1.807) is 0 Å². The molecule has 0 atom stereocenters. The van der Waals surface area contributed by atoms with Crippen LogP contribution in [0.25, 0.3) is 5.57 Å². The summed E-state index contributed by atoms with van der Waals surface area (Å²) in [5.74, 6) is 1.45. The minimum Gasteiger partial charge on any atom is -0.871 e. The molecule has 0 saturated heterocycles. The number of ether oxygens (including phenoxy) is 2. The number of nitrogens with two attached hydrogens (primary N) is 1. The van der Waals surface area contributed by atoms with Crippen molar-refractivity contribution in [3.8, 4) is 11.5 Å². The maximum atomic E-state index is 13.8. The average Bonchev–Trinajstić information content (AvgIpc) is 3.36. The zero-order chi connectivity index (χ0) is 46.1. The second-order valence-corrected chi connectivity index (χ2v) is 19.1. The number of carbonyl (C=O) groups is 1. The van der Waals surface area contributed by atoms with Crippen LogP contribution >= 0.6 is 0 Å². The van der Waals surface area contributed by atoms with Gasteiger partial charge in [0.2, 0.25) is 11.4 Å². The molecule has 3 aromatic carbocycles. The second-order valence-electron chi connectivity index (χ2n) is 19.1. The molecule has 66 heavy (non-hydrogen) atoms. The summed E-state index contributed by atoms with van der Waals surface area (Å²) in [5.41, 5.74) is 12.0. The van der Waals surface area contributed by atoms with Gasteiger partial charge in [-0.25, -0.2) is 0 Å². The van der Waals surface area contributed by atoms with Gasteiger partial charge in [0.25, 0.3) is 0 Å². The standard InChI is InChI=1S/C58H79N4O4/c1-4-62(5-2,6-3)42-18-8-10-20-44-66-54-39-35-52(36-40-54)61(48-23-15-12-16-24-48)50-31-27-46(28-32-50)56-57(63)55(58(56)64)45-25-29-49(30-26-45)60(47-21-13-11-14-22-47)51-33-37-53(38-34-51)65-43-19-9-7-17-41-59/h25-40,47-48H,4-24,41-44,59H2,1-3H3/q+1. The monoisotopic (exact) mass is 896 g/mol. The highest BCUT2D eigenvalue weighted by Gasteiger charge is 2.33. The highest BCUT2D eigenvalue weighted by Crippen LogP contribution is 2.40. The molecule has 2 N–H and O–H groups in total. The van der Waals surface area contributed by atoms with Gasteiger partial charge < -0.3 is 29.7 Å². The molecule has 0 radical (unpaired) electrons. The van der Waals surface area contributed by atoms with Crippen molar-refractivity contribution in [2.45, 2.75) is 148 Å². The number of quaternary nitrogens is 1. The number of ketones is 1. The molecule has 8 heteroatoms. The van der Waals surface area contributed by atoms with Crippen LogP contribution in [0.5, 0.6) is 11.5 Å². The van der Waals surface area contributed by atoms with Gasteiger partial charge in [0.1, 0.15) is 11.5 Å². The van der Waals surface area contributed by atoms with Gasteiger partial charge in [-0.2, -0.15) is 4.58 Å². The molecule has 2 fully saturated rings. The lowest BCUT2D eigenvalue weighted by Gasteiger charge is -2.37. The first-order valence-corrected chi connectivity index (χ1v) is 26.0. The Kier molecular flexibility index (Phi) is 18.4. The van der Waals surface area contributed by atoms with Crippen molar-refractivity contribution >= 4 is 34.1 Å². The normalized spacial score (nSPS) is 17.1. The van der Waals surface area contributed by atoms with Crippen LogP contribution in [0, 0.1) is 0 Å². The minimum atomic E-state index is -0.176. The van der Waals surface area contributed by atoms with Crippen LogP contribution in [-0.4, -0.2) is 78.6 Å². The molecule has 0 amide bonds. The smallest absolute Gasteiger partial charge is 0.206 e. The van der Waals surface area contributed by atoms with Crippen LogP contribution in [0.4, 0.5) is 17.1 Å². The molecule has 3 aromatic rings. The summed E-state index contributed by atoms with van der Waals surface area (Å²) in [6.07, 6.45) is 29.2. The summed E-state index contributed by atoms with van der Waals surface area (Å²) in [4.78, 5) is 16.3. The van der Waals surface area contributed by atoms with Gasteiger partial charge in [-0.05, 0) is 163 Å². The van der Waals surface area contributed by atoms with Crippen LogP contribution < -0.4 is 25.2 Å². The number of hydrogen-bond acceptors (Lipinski definition) is 6. The van der Waals surface area contributed by atoms with E-state index in [4.69, 9.17) is 15.2 Å². The Balaban J connectivity index is 1.00. The molecular weight excluding hydrogens is 817 g/mol. The molecule has 0 aromatic heterocycles. The molecule has 354 valence electrons. The number of nitrogens with zero attached hydrogens (tertiary/aromatic N) is 3. The summed E-state index contributed by atoms with van der Waals surface area (Å²) in [6, 6.07) is 25.9. The van der Waals surface area contributed by atoms with Gasteiger partial charge in [0, 0.05) is 65.7 Å². The number of Topliss-reactive ketones (excluding diaryl/α,β-unsaturated/α-hetero) is 1. The van der Waals surface area contributed by atoms with Crippen LogP contribution in [0.3, 0.4) is 0 Å². The molecule has 0 bridgehead atoms. The number of hydrogen-bond donors (Lipinski definition) is 1. The predicted molar refractivity (Wildman–Crippen MR) is 271 cm³/mol. The van der Waals surface area contributed by atoms with Gasteiger partial charge in [-0.15, -0.1) is 0 Å². The maximum Gasteiger partial charge on any atom is 0.206 e. The molecule has 0 aliphatic heterocycles. The molecule has 0 unspecified atom stereocenters. The van der Waals surface area contributed by atoms with E-state index < -0.39 is 0 Å². The first-order chi connectivity index (χ1) is 32.4. The third kappa shape index (κ3) is 12.3. The van der Waals surface area contributed by atoms with Crippen molar-refractivity contribution in [3.63, 3.8) is 0 Å². The molecule has 8 nitrogen and oxygen atoms in total. The number of rotatable bonds is 24. The summed E-state index contributed by atoms with van der Waals surface area (Å²) in [5, 5.41) is 13.8. The van der Waals surface area contributed by atoms with E-state index in [1.807, 2.05) is 24.3 Å². The average molecular weight is 896 g/mol. The van der Waals surface area contributed by atoms with E-state index in [1.165, 1.54) is 88.4 Å². The lowest BCUT2D eigenvalue weighted by molar-refractivity contribution is -0.923. The quantitative estimate of drug-likeness (QED) is 0.0417. The Morgan fingerprint density at radius 2 is 1.14 bits per heavy atom. The van der Waals surface area contributed by atoms with Gasteiger partial charge in [-0.3, -0.25) is 4.79 Å². The largest absolute Gasteiger partial charge is 0.871 e. The van der Waals surface area contributed by atoms with Crippen molar-refractivity contribution in [1.29, 1.82) is 0 Å². The lowest BCUT2D eigenvalue weighted by atomic mass is 9.80.